The first-order valence-electron chi connectivity index (χ1n) is 11.2. The van der Waals surface area contributed by atoms with Crippen molar-refractivity contribution in [3.63, 3.8) is 0 Å². The molecule has 1 fully saturated rings. The Bertz CT molecular complexity index is 1240. The van der Waals surface area contributed by atoms with E-state index in [1.165, 1.54) is 6.42 Å². The highest BCUT2D eigenvalue weighted by Gasteiger charge is 2.28. The minimum atomic E-state index is -1.12. The summed E-state index contributed by atoms with van der Waals surface area (Å²) in [7, 11) is 0. The summed E-state index contributed by atoms with van der Waals surface area (Å²) in [6.45, 7) is 0.877. The maximum Gasteiger partial charge on any atom is 0.336 e. The molecule has 0 bridgehead atoms. The number of nitrogens with zero attached hydrogens (tertiary/aromatic N) is 2. The van der Waals surface area contributed by atoms with Crippen molar-refractivity contribution < 1.29 is 24.2 Å². The molecule has 33 heavy (non-hydrogen) atoms. The number of ketones is 1. The van der Waals surface area contributed by atoms with Crippen LogP contribution >= 0.6 is 11.7 Å². The molecule has 1 N–H and O–H groups in total. The van der Waals surface area contributed by atoms with Crippen LogP contribution in [0.15, 0.2) is 42.0 Å². The molecule has 0 spiro atoms. The predicted molar refractivity (Wildman–Crippen MR) is 125 cm³/mol. The average Bonchev–Trinajstić information content (AvgIpc) is 3.31. The first-order valence-corrected chi connectivity index (χ1v) is 12.0. The highest BCUT2D eigenvalue weighted by molar-refractivity contribution is 7.00. The lowest BCUT2D eigenvalue weighted by molar-refractivity contribution is -0.130. The van der Waals surface area contributed by atoms with Crippen LogP contribution in [0.2, 0.25) is 0 Å². The second kappa shape index (κ2) is 9.31. The van der Waals surface area contributed by atoms with Gasteiger partial charge in [0.15, 0.2) is 17.3 Å². The topological polar surface area (TPSA) is 98.6 Å². The molecule has 0 amide bonds. The van der Waals surface area contributed by atoms with Gasteiger partial charge < -0.3 is 14.6 Å². The zero-order chi connectivity index (χ0) is 22.8. The summed E-state index contributed by atoms with van der Waals surface area (Å²) in [5.41, 5.74) is 2.57. The van der Waals surface area contributed by atoms with E-state index in [0.717, 1.165) is 37.4 Å². The van der Waals surface area contributed by atoms with Gasteiger partial charge in [0.25, 0.3) is 0 Å². The average molecular weight is 465 g/mol. The second-order valence-corrected chi connectivity index (χ2v) is 9.05. The Balaban J connectivity index is 1.61. The van der Waals surface area contributed by atoms with Crippen molar-refractivity contribution in [2.75, 3.05) is 13.2 Å². The van der Waals surface area contributed by atoms with Gasteiger partial charge in [-0.25, -0.2) is 4.79 Å². The molecule has 2 heterocycles. The molecule has 2 aliphatic rings. The summed E-state index contributed by atoms with van der Waals surface area (Å²) in [6.07, 6.45) is 5.83. The van der Waals surface area contributed by atoms with Crippen molar-refractivity contribution in [1.82, 2.24) is 8.75 Å². The lowest BCUT2D eigenvalue weighted by Gasteiger charge is -2.24. The Hall–Kier alpha value is -3.26. The second-order valence-electron chi connectivity index (χ2n) is 8.52. The van der Waals surface area contributed by atoms with Crippen LogP contribution in [0, 0.1) is 5.92 Å². The number of allylic oxidation sites excluding steroid dienone is 1. The minimum Gasteiger partial charge on any atom is -0.486 e. The summed E-state index contributed by atoms with van der Waals surface area (Å²) in [6, 6.07) is 10.2. The highest BCUT2D eigenvalue weighted by atomic mass is 32.1. The number of hydrogen-bond donors (Lipinski definition) is 1. The molecule has 5 rings (SSSR count). The van der Waals surface area contributed by atoms with E-state index in [9.17, 15) is 14.7 Å². The van der Waals surface area contributed by atoms with E-state index in [-0.39, 0.29) is 17.3 Å². The van der Waals surface area contributed by atoms with Crippen molar-refractivity contribution in [3.05, 3.63) is 53.1 Å². The Labute approximate surface area is 195 Å². The van der Waals surface area contributed by atoms with Crippen molar-refractivity contribution in [2.45, 2.75) is 38.5 Å². The lowest BCUT2D eigenvalue weighted by atomic mass is 9.80. The zero-order valence-electron chi connectivity index (χ0n) is 18.1. The van der Waals surface area contributed by atoms with E-state index in [0.29, 0.717) is 58.9 Å². The molecule has 0 atom stereocenters. The molecule has 0 unspecified atom stereocenters. The zero-order valence-corrected chi connectivity index (χ0v) is 18.9. The normalized spacial score (nSPS) is 17.0. The number of hydrogen-bond acceptors (Lipinski definition) is 7. The van der Waals surface area contributed by atoms with Crippen LogP contribution in [-0.2, 0) is 4.79 Å². The van der Waals surface area contributed by atoms with E-state index in [1.807, 2.05) is 0 Å². The van der Waals surface area contributed by atoms with E-state index in [1.54, 1.807) is 36.4 Å². The molecule has 1 aliphatic heterocycles. The number of carbonyl (C=O) groups is 2. The smallest absolute Gasteiger partial charge is 0.336 e. The fourth-order valence-corrected chi connectivity index (χ4v) is 5.23. The molecule has 170 valence electrons. The van der Waals surface area contributed by atoms with E-state index < -0.39 is 5.97 Å². The third-order valence-electron chi connectivity index (χ3n) is 6.35. The summed E-state index contributed by atoms with van der Waals surface area (Å²) >= 11 is 1.08. The molecule has 8 heteroatoms. The van der Waals surface area contributed by atoms with Crippen molar-refractivity contribution in [2.24, 2.45) is 5.92 Å². The van der Waals surface area contributed by atoms with Gasteiger partial charge in [-0.05, 0) is 48.2 Å². The summed E-state index contributed by atoms with van der Waals surface area (Å²) in [5, 5.41) is 10.2. The first-order chi connectivity index (χ1) is 16.1. The van der Waals surface area contributed by atoms with E-state index in [2.05, 4.69) is 8.75 Å². The number of benzene rings is 2. The number of Topliss-reactive ketones (excluding diaryl/α,β-unsaturated/α-hetero) is 1. The number of aliphatic carboxylic acids is 1. The van der Waals surface area contributed by atoms with Crippen LogP contribution in [0.3, 0.4) is 0 Å². The summed E-state index contributed by atoms with van der Waals surface area (Å²) < 4.78 is 19.7. The number of fused-ring (bicyclic) bond motifs is 2. The molecular weight excluding hydrogens is 440 g/mol. The predicted octanol–water partition coefficient (Wildman–Crippen LogP) is 5.15. The van der Waals surface area contributed by atoms with Crippen LogP contribution in [-0.4, -0.2) is 38.8 Å². The number of rotatable bonds is 6. The fourth-order valence-electron chi connectivity index (χ4n) is 4.71. The van der Waals surface area contributed by atoms with E-state index >= 15 is 0 Å². The van der Waals surface area contributed by atoms with Gasteiger partial charge in [-0.1, -0.05) is 38.2 Å². The highest BCUT2D eigenvalue weighted by Crippen LogP contribution is 2.36. The van der Waals surface area contributed by atoms with Gasteiger partial charge >= 0.3 is 5.97 Å². The maximum absolute atomic E-state index is 13.8. The van der Waals surface area contributed by atoms with Crippen molar-refractivity contribution in [1.29, 1.82) is 0 Å². The Morgan fingerprint density at radius 3 is 2.42 bits per heavy atom. The third kappa shape index (κ3) is 4.48. The van der Waals surface area contributed by atoms with Gasteiger partial charge in [-0.15, -0.1) is 0 Å². The maximum atomic E-state index is 13.8. The summed E-state index contributed by atoms with van der Waals surface area (Å²) in [4.78, 5) is 26.3. The Morgan fingerprint density at radius 2 is 1.64 bits per heavy atom. The van der Waals surface area contributed by atoms with Crippen molar-refractivity contribution in [3.8, 4) is 11.5 Å². The molecule has 0 saturated heterocycles. The van der Waals surface area contributed by atoms with Gasteiger partial charge in [-0.3, -0.25) is 4.79 Å². The molecule has 1 saturated carbocycles. The summed E-state index contributed by atoms with van der Waals surface area (Å²) in [5.74, 6) is -0.0128. The molecule has 3 aromatic rings. The van der Waals surface area contributed by atoms with Gasteiger partial charge in [0, 0.05) is 11.1 Å². The van der Waals surface area contributed by atoms with Crippen LogP contribution in [0.4, 0.5) is 0 Å². The van der Waals surface area contributed by atoms with Gasteiger partial charge in [0.1, 0.15) is 24.2 Å². The lowest BCUT2D eigenvalue weighted by Crippen LogP contribution is -2.18. The third-order valence-corrected chi connectivity index (χ3v) is 6.91. The fraction of sp³-hybridized carbons (Fsp3) is 0.360. The van der Waals surface area contributed by atoms with Gasteiger partial charge in [0.2, 0.25) is 0 Å². The van der Waals surface area contributed by atoms with Crippen LogP contribution in [0.25, 0.3) is 16.6 Å². The molecule has 1 aromatic heterocycles. The van der Waals surface area contributed by atoms with E-state index in [4.69, 9.17) is 9.47 Å². The quantitative estimate of drug-likeness (QED) is 0.398. The molecule has 2 aromatic carbocycles. The SMILES string of the molecule is O=C(O)C(=C(CC1CCCCC1)C(=O)c1ccc2c(c1)OCCO2)c1ccc2nsnc2c1. The Kier molecular flexibility index (Phi) is 6.09. The number of carbonyl (C=O) groups excluding carboxylic acids is 1. The Morgan fingerprint density at radius 1 is 0.909 bits per heavy atom. The van der Waals surface area contributed by atoms with Crippen LogP contribution in [0.1, 0.15) is 54.4 Å². The molecular formula is C25H24N2O5S. The van der Waals surface area contributed by atoms with Gasteiger partial charge in [-0.2, -0.15) is 8.75 Å². The molecule has 1 aliphatic carbocycles. The van der Waals surface area contributed by atoms with Crippen molar-refractivity contribution >= 4 is 40.1 Å². The number of carboxylic acids is 1. The van der Waals surface area contributed by atoms with Crippen LogP contribution < -0.4 is 9.47 Å². The monoisotopic (exact) mass is 464 g/mol. The van der Waals surface area contributed by atoms with Gasteiger partial charge in [0.05, 0.1) is 17.3 Å². The van der Waals surface area contributed by atoms with Crippen LogP contribution in [0.5, 0.6) is 11.5 Å². The number of carboxylic acid groups (broad SMARTS) is 1. The largest absolute Gasteiger partial charge is 0.486 e. The molecule has 7 nitrogen and oxygen atoms in total. The standard InChI is InChI=1S/C25H24N2O5S/c28-24(17-7-9-21-22(14-17)32-11-10-31-21)18(12-15-4-2-1-3-5-15)23(25(29)30)16-6-8-19-20(13-16)27-33-26-19/h6-9,13-15H,1-5,10-12H2,(H,29,30). The first kappa shape index (κ1) is 21.6. The number of ether oxygens (including phenoxy) is 2. The molecule has 0 radical (unpaired) electrons. The minimum absolute atomic E-state index is 0.0374. The number of aromatic nitrogens is 2.